The van der Waals surface area contributed by atoms with Gasteiger partial charge in [-0.3, -0.25) is 0 Å². The fourth-order valence-electron chi connectivity index (χ4n) is 4.78. The molecule has 2 N–H and O–H groups in total. The molecule has 7 nitrogen and oxygen atoms in total. The minimum Gasteiger partial charge on any atom is -0.465 e. The fraction of sp³-hybridized carbons (Fsp3) is 0.647. The molecular formula is C17H24N4O3. The maximum Gasteiger partial charge on any atom is 0.407 e. The van der Waals surface area contributed by atoms with E-state index in [0.717, 1.165) is 37.2 Å². The Balaban J connectivity index is 1.66. The van der Waals surface area contributed by atoms with Gasteiger partial charge in [-0.25, -0.2) is 9.78 Å². The Hall–Kier alpha value is -2.02. The van der Waals surface area contributed by atoms with Crippen molar-refractivity contribution >= 4 is 17.6 Å². The van der Waals surface area contributed by atoms with Crippen LogP contribution in [0.5, 0.6) is 0 Å². The zero-order chi connectivity index (χ0) is 16.9. The van der Waals surface area contributed by atoms with Crippen LogP contribution >= 0.6 is 0 Å². The largest absolute Gasteiger partial charge is 0.465 e. The van der Waals surface area contributed by atoms with Crippen LogP contribution in [0.1, 0.15) is 39.5 Å². The number of ether oxygens (including phenoxy) is 1. The van der Waals surface area contributed by atoms with E-state index in [-0.39, 0.29) is 18.1 Å². The molecule has 4 atom stereocenters. The van der Waals surface area contributed by atoms with Crippen molar-refractivity contribution in [3.63, 3.8) is 0 Å². The molecule has 0 aromatic carbocycles. The molecule has 0 spiro atoms. The number of anilines is 2. The Morgan fingerprint density at radius 2 is 2.12 bits per heavy atom. The van der Waals surface area contributed by atoms with E-state index in [1.165, 1.54) is 0 Å². The van der Waals surface area contributed by atoms with Gasteiger partial charge in [0.2, 0.25) is 5.85 Å². The Morgan fingerprint density at radius 3 is 2.75 bits per heavy atom. The molecule has 4 heterocycles. The molecule has 0 aliphatic carbocycles. The lowest BCUT2D eigenvalue weighted by Crippen LogP contribution is -2.60. The zero-order valence-electron chi connectivity index (χ0n) is 14.1. The molecule has 2 bridgehead atoms. The van der Waals surface area contributed by atoms with E-state index in [4.69, 9.17) is 4.74 Å². The lowest BCUT2D eigenvalue weighted by molar-refractivity contribution is -0.0130. The third-order valence-corrected chi connectivity index (χ3v) is 5.56. The summed E-state index contributed by atoms with van der Waals surface area (Å²) in [7, 11) is 0. The highest BCUT2D eigenvalue weighted by Crippen LogP contribution is 2.46. The first-order valence-corrected chi connectivity index (χ1v) is 8.71. The van der Waals surface area contributed by atoms with E-state index in [1.807, 2.05) is 26.0 Å². The number of nitrogens with zero attached hydrogens (tertiary/aromatic N) is 3. The minimum absolute atomic E-state index is 0.102. The molecule has 1 aromatic heterocycles. The summed E-state index contributed by atoms with van der Waals surface area (Å²) in [6.45, 7) is 4.61. The van der Waals surface area contributed by atoms with Crippen molar-refractivity contribution in [2.24, 2.45) is 0 Å². The summed E-state index contributed by atoms with van der Waals surface area (Å²) in [6, 6.07) is 4.35. The standard InChI is InChI=1S/C17H24N4O3/c1-3-24-17(2)19-14-5-4-8-18-15(14)21(17)13-9-11-6-7-12(10-13)20(11)16(22)23/h4-5,8,11-13,19H,3,6-7,9-10H2,1-2H3,(H,22,23)/t11-,12+,13?,17?. The summed E-state index contributed by atoms with van der Waals surface area (Å²) in [5.74, 6) is 0.266. The highest BCUT2D eigenvalue weighted by Gasteiger charge is 2.51. The summed E-state index contributed by atoms with van der Waals surface area (Å²) in [5, 5.41) is 12.9. The number of hydrogen-bond donors (Lipinski definition) is 2. The van der Waals surface area contributed by atoms with Crippen molar-refractivity contribution in [3.8, 4) is 0 Å². The van der Waals surface area contributed by atoms with Crippen LogP contribution in [-0.2, 0) is 4.74 Å². The number of piperidine rings is 1. The van der Waals surface area contributed by atoms with Gasteiger partial charge in [-0.1, -0.05) is 0 Å². The van der Waals surface area contributed by atoms with Crippen molar-refractivity contribution < 1.29 is 14.6 Å². The first-order chi connectivity index (χ1) is 11.5. The third-order valence-electron chi connectivity index (χ3n) is 5.56. The van der Waals surface area contributed by atoms with Gasteiger partial charge >= 0.3 is 6.09 Å². The fourth-order valence-corrected chi connectivity index (χ4v) is 4.78. The second kappa shape index (κ2) is 5.51. The van der Waals surface area contributed by atoms with Crippen LogP contribution in [0, 0.1) is 0 Å². The molecular weight excluding hydrogens is 308 g/mol. The van der Waals surface area contributed by atoms with Crippen molar-refractivity contribution in [1.29, 1.82) is 0 Å². The molecule has 2 saturated heterocycles. The second-order valence-electron chi connectivity index (χ2n) is 6.99. The average Bonchev–Trinajstić information content (AvgIpc) is 2.98. The molecule has 2 fully saturated rings. The predicted octanol–water partition coefficient (Wildman–Crippen LogP) is 2.70. The van der Waals surface area contributed by atoms with Crippen molar-refractivity contribution in [1.82, 2.24) is 9.88 Å². The molecule has 3 aliphatic rings. The Morgan fingerprint density at radius 1 is 1.42 bits per heavy atom. The molecule has 130 valence electrons. The number of hydrogen-bond acceptors (Lipinski definition) is 5. The van der Waals surface area contributed by atoms with Crippen LogP contribution in [0.4, 0.5) is 16.3 Å². The number of nitrogens with one attached hydrogen (secondary N) is 1. The molecule has 0 radical (unpaired) electrons. The third kappa shape index (κ3) is 2.22. The Kier molecular flexibility index (Phi) is 3.56. The normalized spacial score (nSPS) is 34.2. The smallest absolute Gasteiger partial charge is 0.407 e. The Bertz CT molecular complexity index is 640. The number of rotatable bonds is 3. The lowest BCUT2D eigenvalue weighted by Gasteiger charge is -2.46. The number of pyridine rings is 1. The highest BCUT2D eigenvalue weighted by molar-refractivity contribution is 5.74. The van der Waals surface area contributed by atoms with Crippen LogP contribution in [0.2, 0.25) is 0 Å². The number of fused-ring (bicyclic) bond motifs is 3. The van der Waals surface area contributed by atoms with E-state index in [1.54, 1.807) is 11.1 Å². The van der Waals surface area contributed by atoms with Crippen molar-refractivity contribution in [3.05, 3.63) is 18.3 Å². The van der Waals surface area contributed by atoms with Gasteiger partial charge in [-0.15, -0.1) is 0 Å². The zero-order valence-corrected chi connectivity index (χ0v) is 14.1. The molecule has 7 heteroatoms. The van der Waals surface area contributed by atoms with Gasteiger partial charge in [0, 0.05) is 37.9 Å². The van der Waals surface area contributed by atoms with Gasteiger partial charge in [0.05, 0.1) is 5.69 Å². The first-order valence-electron chi connectivity index (χ1n) is 8.71. The molecule has 4 rings (SSSR count). The summed E-state index contributed by atoms with van der Waals surface area (Å²) in [5.41, 5.74) is 0.974. The number of carbonyl (C=O) groups is 1. The summed E-state index contributed by atoms with van der Waals surface area (Å²) >= 11 is 0. The molecule has 24 heavy (non-hydrogen) atoms. The molecule has 0 saturated carbocycles. The van der Waals surface area contributed by atoms with E-state index < -0.39 is 11.9 Å². The lowest BCUT2D eigenvalue weighted by atomic mass is 9.95. The van der Waals surface area contributed by atoms with Crippen LogP contribution in [0.25, 0.3) is 0 Å². The summed E-state index contributed by atoms with van der Waals surface area (Å²) in [6.07, 6.45) is 4.56. The van der Waals surface area contributed by atoms with Gasteiger partial charge in [0.1, 0.15) is 0 Å². The second-order valence-corrected chi connectivity index (χ2v) is 6.99. The van der Waals surface area contributed by atoms with Gasteiger partial charge in [0.25, 0.3) is 0 Å². The monoisotopic (exact) mass is 332 g/mol. The molecule has 2 unspecified atom stereocenters. The van der Waals surface area contributed by atoms with Gasteiger partial charge in [-0.2, -0.15) is 0 Å². The quantitative estimate of drug-likeness (QED) is 0.886. The van der Waals surface area contributed by atoms with E-state index in [2.05, 4.69) is 15.2 Å². The Labute approximate surface area is 141 Å². The molecule has 3 aliphatic heterocycles. The topological polar surface area (TPSA) is 77.9 Å². The predicted molar refractivity (Wildman–Crippen MR) is 90.1 cm³/mol. The van der Waals surface area contributed by atoms with Crippen LogP contribution in [0.3, 0.4) is 0 Å². The van der Waals surface area contributed by atoms with Crippen LogP contribution in [-0.4, -0.2) is 51.7 Å². The van der Waals surface area contributed by atoms with Crippen LogP contribution < -0.4 is 10.2 Å². The summed E-state index contributed by atoms with van der Waals surface area (Å²) in [4.78, 5) is 20.0. The first kappa shape index (κ1) is 15.5. The van der Waals surface area contributed by atoms with Gasteiger partial charge in [-0.05, 0) is 44.7 Å². The molecule has 1 aromatic rings. The van der Waals surface area contributed by atoms with Crippen molar-refractivity contribution in [2.45, 2.75) is 63.5 Å². The van der Waals surface area contributed by atoms with Gasteiger partial charge in [0.15, 0.2) is 5.82 Å². The molecule has 1 amide bonds. The van der Waals surface area contributed by atoms with Gasteiger partial charge < -0.3 is 25.0 Å². The number of carboxylic acid groups (broad SMARTS) is 1. The minimum atomic E-state index is -0.786. The van der Waals surface area contributed by atoms with E-state index in [9.17, 15) is 9.90 Å². The maximum atomic E-state index is 11.5. The van der Waals surface area contributed by atoms with E-state index in [0.29, 0.717) is 6.61 Å². The average molecular weight is 332 g/mol. The number of amides is 1. The van der Waals surface area contributed by atoms with Crippen LogP contribution in [0.15, 0.2) is 18.3 Å². The van der Waals surface area contributed by atoms with Crippen molar-refractivity contribution in [2.75, 3.05) is 16.8 Å². The number of aromatic nitrogens is 1. The van der Waals surface area contributed by atoms with E-state index >= 15 is 0 Å². The maximum absolute atomic E-state index is 11.5. The highest BCUT2D eigenvalue weighted by atomic mass is 16.5. The SMILES string of the molecule is CCOC1(C)Nc2cccnc2N1C1C[C@H]2CC[C@@H](C1)N2C(=O)O. The summed E-state index contributed by atoms with van der Waals surface area (Å²) < 4.78 is 6.05.